The maximum Gasteiger partial charge on any atom is 0.166 e. The Morgan fingerprint density at radius 2 is 1.27 bits per heavy atom. The van der Waals surface area contributed by atoms with Crippen LogP contribution in [0.25, 0.3) is 0 Å². The van der Waals surface area contributed by atoms with Crippen LogP contribution in [0.1, 0.15) is 18.1 Å². The van der Waals surface area contributed by atoms with Gasteiger partial charge in [-0.15, -0.1) is 0 Å². The van der Waals surface area contributed by atoms with Gasteiger partial charge in [-0.25, -0.2) is 17.6 Å². The van der Waals surface area contributed by atoms with Crippen molar-refractivity contribution in [1.29, 1.82) is 0 Å². The fourth-order valence-corrected chi connectivity index (χ4v) is 1.85. The van der Waals surface area contributed by atoms with Crippen LogP contribution in [0.2, 0.25) is 0 Å². The molecule has 1 aromatic rings. The van der Waals surface area contributed by atoms with E-state index >= 15 is 0 Å². The predicted molar refractivity (Wildman–Crippen MR) is 52.9 cm³/mol. The van der Waals surface area contributed by atoms with E-state index in [4.69, 9.17) is 0 Å². The fourth-order valence-electron chi connectivity index (χ4n) is 1.30. The smallest absolute Gasteiger partial charge is 0.166 e. The number of halogens is 4. The maximum absolute atomic E-state index is 13.3. The Hall–Kier alpha value is -0.710. The molecule has 0 fully saturated rings. The van der Waals surface area contributed by atoms with Crippen LogP contribution in [-0.4, -0.2) is 6.26 Å². The van der Waals surface area contributed by atoms with Crippen molar-refractivity contribution in [2.75, 3.05) is 6.26 Å². The van der Waals surface area contributed by atoms with Gasteiger partial charge in [-0.1, -0.05) is 6.92 Å². The monoisotopic (exact) mass is 238 g/mol. The molecule has 0 aliphatic carbocycles. The zero-order chi connectivity index (χ0) is 11.6. The summed E-state index contributed by atoms with van der Waals surface area (Å²) in [6.45, 7) is 1.44. The van der Waals surface area contributed by atoms with Crippen molar-refractivity contribution < 1.29 is 17.6 Å². The minimum atomic E-state index is -1.28. The summed E-state index contributed by atoms with van der Waals surface area (Å²) in [6.07, 6.45) is 1.52. The molecular weight excluding hydrogens is 228 g/mol. The van der Waals surface area contributed by atoms with E-state index in [1.54, 1.807) is 6.26 Å². The Kier molecular flexibility index (Phi) is 4.02. The summed E-state index contributed by atoms with van der Waals surface area (Å²) < 4.78 is 53.0. The first-order valence-corrected chi connectivity index (χ1v) is 5.76. The fraction of sp³-hybridized carbons (Fsp3) is 0.400. The molecule has 0 atom stereocenters. The highest BCUT2D eigenvalue weighted by Gasteiger charge is 2.23. The van der Waals surface area contributed by atoms with Crippen LogP contribution in [0.5, 0.6) is 0 Å². The number of thioether (sulfide) groups is 1. The van der Waals surface area contributed by atoms with Crippen molar-refractivity contribution in [1.82, 2.24) is 0 Å². The van der Waals surface area contributed by atoms with Gasteiger partial charge in [0.1, 0.15) is 0 Å². The van der Waals surface area contributed by atoms with E-state index in [1.165, 1.54) is 6.92 Å². The molecule has 0 aliphatic heterocycles. The van der Waals surface area contributed by atoms with Crippen LogP contribution in [-0.2, 0) is 12.2 Å². The molecule has 84 valence electrons. The molecule has 0 aromatic heterocycles. The van der Waals surface area contributed by atoms with E-state index < -0.39 is 34.4 Å². The molecule has 1 rings (SSSR count). The van der Waals surface area contributed by atoms with Crippen LogP contribution in [0, 0.1) is 23.3 Å². The Labute approximate surface area is 89.7 Å². The second-order valence-corrected chi connectivity index (χ2v) is 3.87. The second-order valence-electron chi connectivity index (χ2n) is 3.00. The van der Waals surface area contributed by atoms with Crippen molar-refractivity contribution in [3.8, 4) is 0 Å². The van der Waals surface area contributed by atoms with Gasteiger partial charge in [-0.05, 0) is 12.7 Å². The van der Waals surface area contributed by atoms with Gasteiger partial charge in [-0.3, -0.25) is 0 Å². The van der Waals surface area contributed by atoms with Crippen LogP contribution in [0.4, 0.5) is 17.6 Å². The first-order chi connectivity index (χ1) is 7.04. The summed E-state index contributed by atoms with van der Waals surface area (Å²) in [4.78, 5) is 0. The molecule has 1 aromatic carbocycles. The summed E-state index contributed by atoms with van der Waals surface area (Å²) in [5.74, 6) is -5.20. The van der Waals surface area contributed by atoms with E-state index in [0.29, 0.717) is 0 Å². The first kappa shape index (κ1) is 12.4. The van der Waals surface area contributed by atoms with Crippen molar-refractivity contribution >= 4 is 11.8 Å². The molecule has 0 radical (unpaired) electrons. The Morgan fingerprint density at radius 1 is 0.867 bits per heavy atom. The van der Waals surface area contributed by atoms with Crippen molar-refractivity contribution in [2.45, 2.75) is 19.1 Å². The molecule has 0 nitrogen and oxygen atoms in total. The van der Waals surface area contributed by atoms with Crippen LogP contribution in [0.3, 0.4) is 0 Å². The highest BCUT2D eigenvalue weighted by molar-refractivity contribution is 7.97. The summed E-state index contributed by atoms with van der Waals surface area (Å²) in [7, 11) is 0. The molecule has 0 spiro atoms. The van der Waals surface area contributed by atoms with Gasteiger partial charge < -0.3 is 0 Å². The summed E-state index contributed by atoms with van der Waals surface area (Å²) in [5, 5.41) is 0. The predicted octanol–water partition coefficient (Wildman–Crippen LogP) is 3.67. The van der Waals surface area contributed by atoms with E-state index in [0.717, 1.165) is 11.8 Å². The van der Waals surface area contributed by atoms with E-state index in [1.807, 2.05) is 0 Å². The topological polar surface area (TPSA) is 0 Å². The zero-order valence-corrected chi connectivity index (χ0v) is 9.15. The summed E-state index contributed by atoms with van der Waals surface area (Å²) in [6, 6.07) is 0. The lowest BCUT2D eigenvalue weighted by Crippen LogP contribution is -2.07. The summed E-state index contributed by atoms with van der Waals surface area (Å²) >= 11 is 1.10. The minimum Gasteiger partial charge on any atom is -0.203 e. The van der Waals surface area contributed by atoms with E-state index in [-0.39, 0.29) is 12.2 Å². The average Bonchev–Trinajstić information content (AvgIpc) is 2.23. The standard InChI is InChI=1S/C10H10F4S/c1-3-5-7(11)9(13)6(4-15-2)10(14)8(5)12/h3-4H2,1-2H3. The largest absolute Gasteiger partial charge is 0.203 e. The molecular formula is C10H10F4S. The number of rotatable bonds is 3. The van der Waals surface area contributed by atoms with Gasteiger partial charge in [0.05, 0.1) is 0 Å². The molecule has 0 saturated heterocycles. The van der Waals surface area contributed by atoms with Gasteiger partial charge in [0.2, 0.25) is 0 Å². The molecule has 0 amide bonds. The van der Waals surface area contributed by atoms with Gasteiger partial charge >= 0.3 is 0 Å². The Morgan fingerprint density at radius 3 is 1.60 bits per heavy atom. The molecule has 0 heterocycles. The number of benzene rings is 1. The number of hydrogen-bond donors (Lipinski definition) is 0. The van der Waals surface area contributed by atoms with Crippen LogP contribution >= 0.6 is 11.8 Å². The zero-order valence-electron chi connectivity index (χ0n) is 8.33. The average molecular weight is 238 g/mol. The van der Waals surface area contributed by atoms with E-state index in [9.17, 15) is 17.6 Å². The molecule has 0 unspecified atom stereocenters. The molecule has 0 aliphatic rings. The van der Waals surface area contributed by atoms with Crippen LogP contribution < -0.4 is 0 Å². The highest BCUT2D eigenvalue weighted by atomic mass is 32.2. The molecule has 0 N–H and O–H groups in total. The third-order valence-electron chi connectivity index (χ3n) is 2.09. The van der Waals surface area contributed by atoms with Crippen molar-refractivity contribution in [3.63, 3.8) is 0 Å². The van der Waals surface area contributed by atoms with Gasteiger partial charge in [0.25, 0.3) is 0 Å². The summed E-state index contributed by atoms with van der Waals surface area (Å²) in [5.41, 5.74) is -1.07. The third kappa shape index (κ3) is 2.12. The van der Waals surface area contributed by atoms with Crippen molar-refractivity contribution in [2.24, 2.45) is 0 Å². The SMILES string of the molecule is CCc1c(F)c(F)c(CSC)c(F)c1F. The molecule has 0 saturated carbocycles. The van der Waals surface area contributed by atoms with Gasteiger partial charge in [0, 0.05) is 16.9 Å². The maximum atomic E-state index is 13.3. The minimum absolute atomic E-state index is 0.0783. The Bertz CT molecular complexity index is 347. The van der Waals surface area contributed by atoms with Crippen LogP contribution in [0.15, 0.2) is 0 Å². The van der Waals surface area contributed by atoms with Crippen molar-refractivity contribution in [3.05, 3.63) is 34.4 Å². The third-order valence-corrected chi connectivity index (χ3v) is 2.66. The van der Waals surface area contributed by atoms with Gasteiger partial charge in [-0.2, -0.15) is 11.8 Å². The lowest BCUT2D eigenvalue weighted by molar-refractivity contribution is 0.431. The molecule has 15 heavy (non-hydrogen) atoms. The quantitative estimate of drug-likeness (QED) is 0.572. The first-order valence-electron chi connectivity index (χ1n) is 4.37. The lowest BCUT2D eigenvalue weighted by Gasteiger charge is -2.09. The number of hydrogen-bond acceptors (Lipinski definition) is 1. The lowest BCUT2D eigenvalue weighted by atomic mass is 10.1. The Balaban J connectivity index is 3.44. The molecule has 0 bridgehead atoms. The normalized spacial score (nSPS) is 10.8. The van der Waals surface area contributed by atoms with Gasteiger partial charge in [0.15, 0.2) is 23.3 Å². The second kappa shape index (κ2) is 4.88. The van der Waals surface area contributed by atoms with E-state index in [2.05, 4.69) is 0 Å². The molecule has 5 heteroatoms. The highest BCUT2D eigenvalue weighted by Crippen LogP contribution is 2.26.